The molecular weight excluding hydrogens is 234 g/mol. The smallest absolute Gasteiger partial charge is 0.0794 e. The van der Waals surface area contributed by atoms with Crippen molar-refractivity contribution >= 4 is 11.3 Å². The van der Waals surface area contributed by atoms with Gasteiger partial charge in [0.25, 0.3) is 0 Å². The zero-order valence-corrected chi connectivity index (χ0v) is 11.0. The molecule has 1 aromatic heterocycles. The number of hydrogen-bond donors (Lipinski definition) is 1. The number of thiazole rings is 1. The van der Waals surface area contributed by atoms with Gasteiger partial charge >= 0.3 is 0 Å². The highest BCUT2D eigenvalue weighted by Crippen LogP contribution is 2.17. The molecule has 0 radical (unpaired) electrons. The van der Waals surface area contributed by atoms with E-state index < -0.39 is 0 Å². The molecule has 0 amide bonds. The Kier molecular flexibility index (Phi) is 5.38. The molecule has 1 aliphatic rings. The lowest BCUT2D eigenvalue weighted by molar-refractivity contribution is 0.00581. The van der Waals surface area contributed by atoms with Gasteiger partial charge in [-0.2, -0.15) is 0 Å². The second-order valence-electron chi connectivity index (χ2n) is 4.46. The van der Waals surface area contributed by atoms with Gasteiger partial charge in [0.1, 0.15) is 0 Å². The Morgan fingerprint density at radius 2 is 2.29 bits per heavy atom. The zero-order valence-electron chi connectivity index (χ0n) is 10.2. The van der Waals surface area contributed by atoms with E-state index in [-0.39, 0.29) is 0 Å². The van der Waals surface area contributed by atoms with Gasteiger partial charge < -0.3 is 10.5 Å². The van der Waals surface area contributed by atoms with Crippen LogP contribution in [0.15, 0.2) is 11.7 Å². The highest BCUT2D eigenvalue weighted by molar-refractivity contribution is 7.09. The summed E-state index contributed by atoms with van der Waals surface area (Å²) in [4.78, 5) is 7.94. The van der Waals surface area contributed by atoms with Crippen molar-refractivity contribution in [3.8, 4) is 0 Å². The van der Waals surface area contributed by atoms with Gasteiger partial charge in [0, 0.05) is 37.3 Å². The lowest BCUT2D eigenvalue weighted by Gasteiger charge is -2.31. The minimum absolute atomic E-state index is 0.444. The molecule has 0 saturated carbocycles. The highest BCUT2D eigenvalue weighted by atomic mass is 32.1. The second kappa shape index (κ2) is 7.06. The van der Waals surface area contributed by atoms with Crippen LogP contribution in [0.1, 0.15) is 24.1 Å². The Bertz CT molecular complexity index is 297. The Labute approximate surface area is 107 Å². The fourth-order valence-corrected chi connectivity index (χ4v) is 2.74. The summed E-state index contributed by atoms with van der Waals surface area (Å²) >= 11 is 1.74. The first-order valence-corrected chi connectivity index (χ1v) is 7.18. The summed E-state index contributed by atoms with van der Waals surface area (Å²) in [6, 6.07) is 0. The number of rotatable bonds is 6. The molecule has 5 heteroatoms. The normalized spacial score (nSPS) is 18.6. The molecule has 0 aromatic carbocycles. The van der Waals surface area contributed by atoms with Gasteiger partial charge in [-0.25, -0.2) is 0 Å². The van der Waals surface area contributed by atoms with Gasteiger partial charge in [-0.05, 0) is 25.8 Å². The molecule has 4 nitrogen and oxygen atoms in total. The molecule has 1 fully saturated rings. The molecule has 96 valence electrons. The van der Waals surface area contributed by atoms with Gasteiger partial charge in [0.05, 0.1) is 11.6 Å². The van der Waals surface area contributed by atoms with E-state index in [0.717, 1.165) is 52.0 Å². The summed E-state index contributed by atoms with van der Waals surface area (Å²) in [6.45, 7) is 4.84. The largest absolute Gasteiger partial charge is 0.378 e. The van der Waals surface area contributed by atoms with E-state index >= 15 is 0 Å². The Morgan fingerprint density at radius 3 is 2.94 bits per heavy atom. The van der Waals surface area contributed by atoms with E-state index in [2.05, 4.69) is 9.88 Å². The van der Waals surface area contributed by atoms with Crippen LogP contribution in [0.3, 0.4) is 0 Å². The maximum Gasteiger partial charge on any atom is 0.0794 e. The summed E-state index contributed by atoms with van der Waals surface area (Å²) in [5.74, 6) is 0. The zero-order chi connectivity index (χ0) is 11.9. The number of likely N-dealkylation sites (tertiary alicyclic amines) is 1. The molecule has 2 heterocycles. The number of hydrogen-bond acceptors (Lipinski definition) is 5. The molecule has 1 aromatic rings. The number of piperidine rings is 1. The SMILES string of the molecule is NCCCOC1CCN(Cc2cncs2)CC1. The fourth-order valence-electron chi connectivity index (χ4n) is 2.11. The van der Waals surface area contributed by atoms with Gasteiger partial charge in [-0.15, -0.1) is 11.3 Å². The van der Waals surface area contributed by atoms with Crippen molar-refractivity contribution < 1.29 is 4.74 Å². The Morgan fingerprint density at radius 1 is 1.47 bits per heavy atom. The summed E-state index contributed by atoms with van der Waals surface area (Å²) < 4.78 is 5.79. The number of nitrogens with zero attached hydrogens (tertiary/aromatic N) is 2. The van der Waals surface area contributed by atoms with Crippen LogP contribution in [0, 0.1) is 0 Å². The monoisotopic (exact) mass is 255 g/mol. The van der Waals surface area contributed by atoms with Crippen LogP contribution in [0.25, 0.3) is 0 Å². The van der Waals surface area contributed by atoms with Crippen molar-refractivity contribution in [2.75, 3.05) is 26.2 Å². The van der Waals surface area contributed by atoms with E-state index in [0.29, 0.717) is 6.10 Å². The first-order chi connectivity index (χ1) is 8.38. The Hall–Kier alpha value is -0.490. The first-order valence-electron chi connectivity index (χ1n) is 6.30. The van der Waals surface area contributed by atoms with Crippen LogP contribution in [-0.2, 0) is 11.3 Å². The predicted octanol–water partition coefficient (Wildman–Crippen LogP) is 1.47. The van der Waals surface area contributed by atoms with Crippen molar-refractivity contribution in [3.63, 3.8) is 0 Å². The molecule has 0 aliphatic carbocycles. The van der Waals surface area contributed by atoms with Crippen LogP contribution in [0.5, 0.6) is 0 Å². The van der Waals surface area contributed by atoms with Crippen LogP contribution >= 0.6 is 11.3 Å². The maximum atomic E-state index is 5.79. The molecule has 0 spiro atoms. The highest BCUT2D eigenvalue weighted by Gasteiger charge is 2.19. The van der Waals surface area contributed by atoms with Crippen molar-refractivity contribution in [3.05, 3.63) is 16.6 Å². The van der Waals surface area contributed by atoms with Crippen molar-refractivity contribution in [2.45, 2.75) is 31.9 Å². The quantitative estimate of drug-likeness (QED) is 0.782. The van der Waals surface area contributed by atoms with E-state index in [1.54, 1.807) is 11.3 Å². The molecule has 1 saturated heterocycles. The average molecular weight is 255 g/mol. The van der Waals surface area contributed by atoms with Crippen LogP contribution in [0.2, 0.25) is 0 Å². The minimum Gasteiger partial charge on any atom is -0.378 e. The van der Waals surface area contributed by atoms with E-state index in [4.69, 9.17) is 10.5 Å². The van der Waals surface area contributed by atoms with Crippen LogP contribution in [-0.4, -0.2) is 42.2 Å². The molecule has 2 N–H and O–H groups in total. The van der Waals surface area contributed by atoms with Crippen LogP contribution in [0.4, 0.5) is 0 Å². The summed E-state index contributed by atoms with van der Waals surface area (Å²) in [7, 11) is 0. The van der Waals surface area contributed by atoms with Crippen molar-refractivity contribution in [1.29, 1.82) is 0 Å². The van der Waals surface area contributed by atoms with E-state index in [9.17, 15) is 0 Å². The number of aromatic nitrogens is 1. The molecule has 0 atom stereocenters. The molecular formula is C12H21N3OS. The lowest BCUT2D eigenvalue weighted by Crippen LogP contribution is -2.36. The second-order valence-corrected chi connectivity index (χ2v) is 5.43. The van der Waals surface area contributed by atoms with Gasteiger partial charge in [-0.3, -0.25) is 9.88 Å². The third-order valence-corrected chi connectivity index (χ3v) is 3.86. The summed E-state index contributed by atoms with van der Waals surface area (Å²) in [5.41, 5.74) is 7.35. The van der Waals surface area contributed by atoms with Gasteiger partial charge in [0.15, 0.2) is 0 Å². The molecule has 0 bridgehead atoms. The van der Waals surface area contributed by atoms with Gasteiger partial charge in [-0.1, -0.05) is 0 Å². The number of nitrogens with two attached hydrogens (primary N) is 1. The van der Waals surface area contributed by atoms with Crippen molar-refractivity contribution in [1.82, 2.24) is 9.88 Å². The third-order valence-electron chi connectivity index (χ3n) is 3.10. The van der Waals surface area contributed by atoms with E-state index in [1.807, 2.05) is 11.7 Å². The fraction of sp³-hybridized carbons (Fsp3) is 0.750. The minimum atomic E-state index is 0.444. The molecule has 1 aliphatic heterocycles. The molecule has 2 rings (SSSR count). The topological polar surface area (TPSA) is 51.4 Å². The molecule has 0 unspecified atom stereocenters. The van der Waals surface area contributed by atoms with Gasteiger partial charge in [0.2, 0.25) is 0 Å². The summed E-state index contributed by atoms with van der Waals surface area (Å²) in [5, 5.41) is 0. The third kappa shape index (κ3) is 4.35. The Balaban J connectivity index is 1.64. The number of ether oxygens (including phenoxy) is 1. The molecule has 17 heavy (non-hydrogen) atoms. The van der Waals surface area contributed by atoms with E-state index in [1.165, 1.54) is 4.88 Å². The standard InChI is InChI=1S/C12H21N3OS/c13-4-1-7-16-11-2-5-15(6-3-11)9-12-8-14-10-17-12/h8,10-11H,1-7,9,13H2. The average Bonchev–Trinajstić information content (AvgIpc) is 2.85. The summed E-state index contributed by atoms with van der Waals surface area (Å²) in [6.07, 6.45) is 5.67. The first kappa shape index (κ1) is 13.0. The lowest BCUT2D eigenvalue weighted by atomic mass is 10.1. The van der Waals surface area contributed by atoms with Crippen molar-refractivity contribution in [2.24, 2.45) is 5.73 Å². The maximum absolute atomic E-state index is 5.79. The van der Waals surface area contributed by atoms with Crippen LogP contribution < -0.4 is 5.73 Å². The predicted molar refractivity (Wildman–Crippen MR) is 70.0 cm³/mol.